The molecule has 2 aromatic rings. The van der Waals surface area contributed by atoms with Gasteiger partial charge in [0, 0.05) is 19.0 Å². The molecule has 10 nitrogen and oxygen atoms in total. The molecule has 1 heterocycles. The second kappa shape index (κ2) is 14.0. The highest BCUT2D eigenvalue weighted by atomic mass is 16.6. The Morgan fingerprint density at radius 1 is 1.08 bits per heavy atom. The number of amides is 1. The van der Waals surface area contributed by atoms with Gasteiger partial charge in [-0.15, -0.1) is 0 Å². The van der Waals surface area contributed by atoms with Crippen molar-refractivity contribution in [2.24, 2.45) is 5.10 Å². The van der Waals surface area contributed by atoms with E-state index in [1.165, 1.54) is 0 Å². The van der Waals surface area contributed by atoms with E-state index < -0.39 is 23.9 Å². The van der Waals surface area contributed by atoms with Crippen LogP contribution in [-0.4, -0.2) is 70.1 Å². The molecule has 10 heteroatoms. The number of carbonyl (C=O) groups is 3. The molecule has 36 heavy (non-hydrogen) atoms. The van der Waals surface area contributed by atoms with Crippen LogP contribution in [0.2, 0.25) is 0 Å². The molecule has 2 aromatic carbocycles. The quantitative estimate of drug-likeness (QED) is 0.185. The number of rotatable bonds is 11. The van der Waals surface area contributed by atoms with Crippen LogP contribution >= 0.6 is 0 Å². The first-order valence-electron chi connectivity index (χ1n) is 11.8. The number of hydrogen-bond donors (Lipinski definition) is 3. The van der Waals surface area contributed by atoms with Crippen molar-refractivity contribution in [3.63, 3.8) is 0 Å². The number of nitrogens with one attached hydrogen (secondary N) is 3. The first-order valence-corrected chi connectivity index (χ1v) is 11.8. The lowest BCUT2D eigenvalue weighted by atomic mass is 10.0. The molecule has 1 unspecified atom stereocenters. The lowest BCUT2D eigenvalue weighted by Crippen LogP contribution is -2.44. The summed E-state index contributed by atoms with van der Waals surface area (Å²) in [4.78, 5) is 38.1. The van der Waals surface area contributed by atoms with Gasteiger partial charge in [0.15, 0.2) is 0 Å². The highest BCUT2D eigenvalue weighted by Crippen LogP contribution is 2.14. The first-order chi connectivity index (χ1) is 17.5. The smallest absolute Gasteiger partial charge is 0.339 e. The molecule has 3 N–H and O–H groups in total. The number of esters is 2. The average molecular weight is 497 g/mol. The molecule has 1 aliphatic rings. The van der Waals surface area contributed by atoms with Crippen molar-refractivity contribution in [2.45, 2.75) is 31.4 Å². The van der Waals surface area contributed by atoms with Crippen molar-refractivity contribution >= 4 is 24.1 Å². The first kappa shape index (κ1) is 26.8. The molecule has 1 saturated heterocycles. The van der Waals surface area contributed by atoms with E-state index in [-0.39, 0.29) is 19.1 Å². The Hall–Kier alpha value is -3.76. The van der Waals surface area contributed by atoms with Crippen molar-refractivity contribution in [3.05, 3.63) is 65.2 Å². The normalized spacial score (nSPS) is 14.7. The predicted molar refractivity (Wildman–Crippen MR) is 134 cm³/mol. The van der Waals surface area contributed by atoms with Crippen LogP contribution in [-0.2, 0) is 25.5 Å². The zero-order chi connectivity index (χ0) is 25.8. The van der Waals surface area contributed by atoms with Crippen LogP contribution in [0.15, 0.2) is 53.6 Å². The monoisotopic (exact) mass is 496 g/mol. The highest BCUT2D eigenvalue weighted by molar-refractivity contribution is 5.98. The van der Waals surface area contributed by atoms with Crippen molar-refractivity contribution in [2.75, 3.05) is 33.9 Å². The molecular weight excluding hydrogens is 464 g/mol. The fourth-order valence-electron chi connectivity index (χ4n) is 3.65. The zero-order valence-electron chi connectivity index (χ0n) is 20.5. The van der Waals surface area contributed by atoms with Gasteiger partial charge in [0.1, 0.15) is 18.4 Å². The highest BCUT2D eigenvalue weighted by Gasteiger charge is 2.26. The van der Waals surface area contributed by atoms with Gasteiger partial charge in [-0.05, 0) is 61.3 Å². The third-order valence-corrected chi connectivity index (χ3v) is 5.64. The number of nitrogens with zero attached hydrogens (tertiary/aromatic N) is 1. The summed E-state index contributed by atoms with van der Waals surface area (Å²) in [7, 11) is 3.24. The molecular formula is C26H32N4O6. The Bertz CT molecular complexity index is 1030. The van der Waals surface area contributed by atoms with Crippen LogP contribution in [0.25, 0.3) is 0 Å². The van der Waals surface area contributed by atoms with Crippen LogP contribution in [0.1, 0.15) is 34.3 Å². The Balaban J connectivity index is 1.66. The molecule has 1 aliphatic heterocycles. The predicted octanol–water partition coefficient (Wildman–Crippen LogP) is 1.43. The van der Waals surface area contributed by atoms with Gasteiger partial charge in [-0.3, -0.25) is 4.79 Å². The Morgan fingerprint density at radius 3 is 2.42 bits per heavy atom. The SMILES string of the molecule is CNN=Cc1ccc(C(=O)NC(Cc2ccc(OC)cc2)C(=O)OC(=O)COC2CCNCC2)cc1. The van der Waals surface area contributed by atoms with E-state index in [0.29, 0.717) is 11.3 Å². The van der Waals surface area contributed by atoms with Gasteiger partial charge in [-0.1, -0.05) is 24.3 Å². The molecule has 192 valence electrons. The molecule has 0 saturated carbocycles. The van der Waals surface area contributed by atoms with Crippen LogP contribution in [0.3, 0.4) is 0 Å². The van der Waals surface area contributed by atoms with Gasteiger partial charge in [0.25, 0.3) is 5.91 Å². The van der Waals surface area contributed by atoms with E-state index in [9.17, 15) is 14.4 Å². The third-order valence-electron chi connectivity index (χ3n) is 5.64. The van der Waals surface area contributed by atoms with Gasteiger partial charge in [-0.2, -0.15) is 5.10 Å². The third kappa shape index (κ3) is 8.47. The number of hydrazone groups is 1. The maximum absolute atomic E-state index is 12.9. The summed E-state index contributed by atoms with van der Waals surface area (Å²) in [5, 5.41) is 9.84. The van der Waals surface area contributed by atoms with Crippen LogP contribution < -0.4 is 20.8 Å². The molecule has 0 bridgehead atoms. The van der Waals surface area contributed by atoms with Crippen LogP contribution in [0, 0.1) is 0 Å². The minimum absolute atomic E-state index is 0.0511. The van der Waals surface area contributed by atoms with Gasteiger partial charge < -0.3 is 30.3 Å². The Labute approximate surface area is 210 Å². The summed E-state index contributed by atoms with van der Waals surface area (Å²) >= 11 is 0. The van der Waals surface area contributed by atoms with E-state index in [1.54, 1.807) is 68.9 Å². The van der Waals surface area contributed by atoms with E-state index in [0.717, 1.165) is 37.1 Å². The second-order valence-corrected chi connectivity index (χ2v) is 8.24. The van der Waals surface area contributed by atoms with Gasteiger partial charge in [-0.25, -0.2) is 9.59 Å². The van der Waals surface area contributed by atoms with E-state index in [4.69, 9.17) is 14.2 Å². The summed E-state index contributed by atoms with van der Waals surface area (Å²) in [6, 6.07) is 12.7. The summed E-state index contributed by atoms with van der Waals surface area (Å²) in [5.41, 5.74) is 4.57. The van der Waals surface area contributed by atoms with Crippen LogP contribution in [0.4, 0.5) is 0 Å². The summed E-state index contributed by atoms with van der Waals surface area (Å²) in [6.07, 6.45) is 3.27. The van der Waals surface area contributed by atoms with E-state index in [1.807, 2.05) is 0 Å². The Morgan fingerprint density at radius 2 is 1.78 bits per heavy atom. The van der Waals surface area contributed by atoms with Gasteiger partial charge in [0.05, 0.1) is 19.4 Å². The average Bonchev–Trinajstić information content (AvgIpc) is 2.91. The number of hydrogen-bond acceptors (Lipinski definition) is 9. The van der Waals surface area contributed by atoms with Crippen molar-refractivity contribution in [1.82, 2.24) is 16.1 Å². The molecule has 1 atom stereocenters. The molecule has 0 aromatic heterocycles. The number of benzene rings is 2. The minimum atomic E-state index is -1.08. The summed E-state index contributed by atoms with van der Waals surface area (Å²) in [5.74, 6) is -1.45. The lowest BCUT2D eigenvalue weighted by molar-refractivity contribution is -0.165. The number of piperidine rings is 1. The second-order valence-electron chi connectivity index (χ2n) is 8.24. The molecule has 0 spiro atoms. The summed E-state index contributed by atoms with van der Waals surface area (Å²) in [6.45, 7) is 1.31. The maximum atomic E-state index is 12.9. The number of methoxy groups -OCH3 is 1. The van der Waals surface area contributed by atoms with Crippen molar-refractivity contribution in [1.29, 1.82) is 0 Å². The number of carbonyl (C=O) groups excluding carboxylic acids is 3. The fraction of sp³-hybridized carbons (Fsp3) is 0.385. The van der Waals surface area contributed by atoms with Crippen molar-refractivity contribution in [3.8, 4) is 5.75 Å². The largest absolute Gasteiger partial charge is 0.497 e. The topological polar surface area (TPSA) is 127 Å². The summed E-state index contributed by atoms with van der Waals surface area (Å²) < 4.78 is 15.8. The maximum Gasteiger partial charge on any atom is 0.339 e. The molecule has 0 aliphatic carbocycles. The van der Waals surface area contributed by atoms with Gasteiger partial charge >= 0.3 is 11.9 Å². The zero-order valence-corrected chi connectivity index (χ0v) is 20.5. The molecule has 0 radical (unpaired) electrons. The van der Waals surface area contributed by atoms with Crippen molar-refractivity contribution < 1.29 is 28.6 Å². The Kier molecular flexibility index (Phi) is 10.4. The lowest BCUT2D eigenvalue weighted by Gasteiger charge is -2.22. The number of ether oxygens (including phenoxy) is 3. The standard InChI is InChI=1S/C26H32N4O6/c1-27-29-16-19-3-7-20(8-4-19)25(32)30-23(15-18-5-9-21(34-2)10-6-18)26(33)36-24(31)17-35-22-11-13-28-14-12-22/h3-10,16,22-23,27-28H,11-15,17H2,1-2H3,(H,30,32). The van der Waals surface area contributed by atoms with E-state index >= 15 is 0 Å². The minimum Gasteiger partial charge on any atom is -0.497 e. The van der Waals surface area contributed by atoms with Gasteiger partial charge in [0.2, 0.25) is 0 Å². The molecule has 3 rings (SSSR count). The molecule has 1 fully saturated rings. The fourth-order valence-corrected chi connectivity index (χ4v) is 3.65. The molecule has 1 amide bonds. The van der Waals surface area contributed by atoms with Crippen LogP contribution in [0.5, 0.6) is 5.75 Å². The van der Waals surface area contributed by atoms with E-state index in [2.05, 4.69) is 21.2 Å².